The van der Waals surface area contributed by atoms with Crippen molar-refractivity contribution in [1.29, 1.82) is 0 Å². The monoisotopic (exact) mass is 114 g/mol. The van der Waals surface area contributed by atoms with Crippen molar-refractivity contribution in [2.75, 3.05) is 0 Å². The summed E-state index contributed by atoms with van der Waals surface area (Å²) in [5, 5.41) is 9.10. The van der Waals surface area contributed by atoms with E-state index in [0.717, 1.165) is 6.42 Å². The molecule has 0 aliphatic rings. The third-order valence-corrected chi connectivity index (χ3v) is 0.853. The van der Waals surface area contributed by atoms with E-state index in [1.54, 1.807) is 13.8 Å². The van der Waals surface area contributed by atoms with Crippen LogP contribution in [0, 0.1) is 0 Å². The quantitative estimate of drug-likeness (QED) is 0.542. The topological polar surface area (TPSA) is 20.2 Å². The van der Waals surface area contributed by atoms with Crippen LogP contribution >= 0.6 is 0 Å². The van der Waals surface area contributed by atoms with Crippen molar-refractivity contribution >= 4 is 0 Å². The van der Waals surface area contributed by atoms with Crippen molar-refractivity contribution in [3.05, 3.63) is 12.2 Å². The van der Waals surface area contributed by atoms with Crippen LogP contribution in [0.5, 0.6) is 0 Å². The lowest BCUT2D eigenvalue weighted by molar-refractivity contribution is 0.0839. The Hall–Kier alpha value is -0.300. The van der Waals surface area contributed by atoms with E-state index in [-0.39, 0.29) is 0 Å². The van der Waals surface area contributed by atoms with Gasteiger partial charge in [-0.2, -0.15) is 0 Å². The Kier molecular flexibility index (Phi) is 2.77. The maximum Gasteiger partial charge on any atom is 0.0626 e. The SMILES string of the molecule is CC=CCC(C)(C)O. The molecule has 1 nitrogen and oxygen atoms in total. The van der Waals surface area contributed by atoms with Crippen LogP contribution in [0.15, 0.2) is 12.2 Å². The fourth-order valence-corrected chi connectivity index (χ4v) is 0.406. The highest BCUT2D eigenvalue weighted by molar-refractivity contribution is 4.84. The highest BCUT2D eigenvalue weighted by Crippen LogP contribution is 2.06. The third kappa shape index (κ3) is 5.70. The fourth-order valence-electron chi connectivity index (χ4n) is 0.406. The van der Waals surface area contributed by atoms with Gasteiger partial charge in [0, 0.05) is 0 Å². The van der Waals surface area contributed by atoms with Gasteiger partial charge in [-0.15, -0.1) is 0 Å². The normalized spacial score (nSPS) is 13.0. The molecule has 1 N–H and O–H groups in total. The van der Waals surface area contributed by atoms with Crippen molar-refractivity contribution in [1.82, 2.24) is 0 Å². The number of hydrogen-bond acceptors (Lipinski definition) is 1. The molecule has 0 saturated carbocycles. The third-order valence-electron chi connectivity index (χ3n) is 0.853. The summed E-state index contributed by atoms with van der Waals surface area (Å²) in [7, 11) is 0. The smallest absolute Gasteiger partial charge is 0.0626 e. The van der Waals surface area contributed by atoms with Gasteiger partial charge in [-0.3, -0.25) is 0 Å². The van der Waals surface area contributed by atoms with Gasteiger partial charge in [-0.25, -0.2) is 0 Å². The Bertz CT molecular complexity index is 76.9. The Balaban J connectivity index is 3.39. The highest BCUT2D eigenvalue weighted by Gasteiger charge is 2.07. The molecule has 0 unspecified atom stereocenters. The summed E-state index contributed by atoms with van der Waals surface area (Å²) in [5.41, 5.74) is -0.535. The molecule has 0 heterocycles. The molecule has 0 amide bonds. The van der Waals surface area contributed by atoms with Crippen LogP contribution in [0.1, 0.15) is 27.2 Å². The standard InChI is InChI=1S/C7H14O/c1-4-5-6-7(2,3)8/h4-5,8H,6H2,1-3H3. The Morgan fingerprint density at radius 1 is 1.50 bits per heavy atom. The van der Waals surface area contributed by atoms with E-state index in [1.165, 1.54) is 0 Å². The minimum absolute atomic E-state index is 0.535. The van der Waals surface area contributed by atoms with Gasteiger partial charge >= 0.3 is 0 Å². The lowest BCUT2D eigenvalue weighted by Gasteiger charge is -2.12. The first kappa shape index (κ1) is 7.70. The summed E-state index contributed by atoms with van der Waals surface area (Å²) in [6.07, 6.45) is 4.64. The van der Waals surface area contributed by atoms with Gasteiger partial charge in [0.1, 0.15) is 0 Å². The Labute approximate surface area is 51.0 Å². The first-order valence-corrected chi connectivity index (χ1v) is 2.90. The van der Waals surface area contributed by atoms with Gasteiger partial charge in [0.25, 0.3) is 0 Å². The molecule has 0 saturated heterocycles. The van der Waals surface area contributed by atoms with Gasteiger partial charge in [-0.05, 0) is 27.2 Å². The lowest BCUT2D eigenvalue weighted by atomic mass is 10.1. The van der Waals surface area contributed by atoms with E-state index < -0.39 is 5.60 Å². The van der Waals surface area contributed by atoms with Crippen LogP contribution in [0.25, 0.3) is 0 Å². The van der Waals surface area contributed by atoms with Gasteiger partial charge < -0.3 is 5.11 Å². The second-order valence-corrected chi connectivity index (χ2v) is 2.59. The molecule has 0 aliphatic heterocycles. The van der Waals surface area contributed by atoms with Crippen molar-refractivity contribution in [3.63, 3.8) is 0 Å². The largest absolute Gasteiger partial charge is 0.390 e. The van der Waals surface area contributed by atoms with Gasteiger partial charge in [-0.1, -0.05) is 12.2 Å². The maximum atomic E-state index is 9.10. The first-order valence-electron chi connectivity index (χ1n) is 2.90. The average molecular weight is 114 g/mol. The molecule has 0 aromatic carbocycles. The number of allylic oxidation sites excluding steroid dienone is 1. The summed E-state index contributed by atoms with van der Waals surface area (Å²) in [4.78, 5) is 0. The summed E-state index contributed by atoms with van der Waals surface area (Å²) >= 11 is 0. The van der Waals surface area contributed by atoms with Crippen LogP contribution in [-0.4, -0.2) is 10.7 Å². The van der Waals surface area contributed by atoms with E-state index in [2.05, 4.69) is 0 Å². The van der Waals surface area contributed by atoms with Gasteiger partial charge in [0.15, 0.2) is 0 Å². The van der Waals surface area contributed by atoms with E-state index >= 15 is 0 Å². The molecule has 0 radical (unpaired) electrons. The molecule has 0 aromatic rings. The molecule has 8 heavy (non-hydrogen) atoms. The van der Waals surface area contributed by atoms with Crippen LogP contribution in [0.2, 0.25) is 0 Å². The molecule has 0 fully saturated rings. The van der Waals surface area contributed by atoms with Crippen molar-refractivity contribution in [3.8, 4) is 0 Å². The fraction of sp³-hybridized carbons (Fsp3) is 0.714. The highest BCUT2D eigenvalue weighted by atomic mass is 16.3. The van der Waals surface area contributed by atoms with Crippen LogP contribution in [0.3, 0.4) is 0 Å². The van der Waals surface area contributed by atoms with Crippen molar-refractivity contribution < 1.29 is 5.11 Å². The molecule has 0 atom stereocenters. The second kappa shape index (κ2) is 2.88. The summed E-state index contributed by atoms with van der Waals surface area (Å²) in [6.45, 7) is 5.55. The summed E-state index contributed by atoms with van der Waals surface area (Å²) < 4.78 is 0. The zero-order chi connectivity index (χ0) is 6.62. The lowest BCUT2D eigenvalue weighted by Crippen LogP contribution is -2.16. The average Bonchev–Trinajstić information content (AvgIpc) is 1.59. The predicted octanol–water partition coefficient (Wildman–Crippen LogP) is 1.72. The molecule has 1 heteroatoms. The van der Waals surface area contributed by atoms with Gasteiger partial charge in [0.2, 0.25) is 0 Å². The molecule has 0 aromatic heterocycles. The van der Waals surface area contributed by atoms with E-state index in [1.807, 2.05) is 19.1 Å². The molecule has 0 bridgehead atoms. The second-order valence-electron chi connectivity index (χ2n) is 2.59. The molecule has 0 aliphatic carbocycles. The Morgan fingerprint density at radius 2 is 2.00 bits per heavy atom. The Morgan fingerprint density at radius 3 is 2.12 bits per heavy atom. The molecule has 0 rings (SSSR count). The van der Waals surface area contributed by atoms with Crippen LogP contribution < -0.4 is 0 Å². The van der Waals surface area contributed by atoms with Crippen molar-refractivity contribution in [2.45, 2.75) is 32.8 Å². The summed E-state index contributed by atoms with van der Waals surface area (Å²) in [6, 6.07) is 0. The number of hydrogen-bond donors (Lipinski definition) is 1. The number of rotatable bonds is 2. The van der Waals surface area contributed by atoms with Crippen molar-refractivity contribution in [2.24, 2.45) is 0 Å². The van der Waals surface area contributed by atoms with E-state index in [4.69, 9.17) is 5.11 Å². The zero-order valence-electron chi connectivity index (χ0n) is 5.81. The molecular formula is C7H14O. The molecular weight excluding hydrogens is 100 g/mol. The maximum absolute atomic E-state index is 9.10. The zero-order valence-corrected chi connectivity index (χ0v) is 5.81. The molecule has 48 valence electrons. The first-order chi connectivity index (χ1) is 3.56. The molecule has 0 spiro atoms. The number of aliphatic hydroxyl groups is 1. The van der Waals surface area contributed by atoms with Crippen LogP contribution in [0.4, 0.5) is 0 Å². The van der Waals surface area contributed by atoms with E-state index in [9.17, 15) is 0 Å². The predicted molar refractivity (Wildman–Crippen MR) is 35.7 cm³/mol. The van der Waals surface area contributed by atoms with E-state index in [0.29, 0.717) is 0 Å². The minimum atomic E-state index is -0.535. The van der Waals surface area contributed by atoms with Gasteiger partial charge in [0.05, 0.1) is 5.60 Å². The van der Waals surface area contributed by atoms with Crippen LogP contribution in [-0.2, 0) is 0 Å². The summed E-state index contributed by atoms with van der Waals surface area (Å²) in [5.74, 6) is 0. The minimum Gasteiger partial charge on any atom is -0.390 e.